The number of hydrogen-bond acceptors (Lipinski definition) is 5. The standard InChI is InChI=1S/C21H16N2O5/c1-9(24)16-15-8-13(18(21(27)28)23(15)20(16)26)10-4-5-11-14(7-10)17-12(19(11)25)3-2-6-22-17/h2-7,9,15-16,24H,8H2,1H3,(H,27,28)/t9-,15-,16-/m1/s1. The van der Waals surface area contributed by atoms with Crippen molar-refractivity contribution < 1.29 is 24.6 Å². The number of fused-ring (bicyclic) bond motifs is 4. The fraction of sp³-hybridized carbons (Fsp3) is 0.238. The van der Waals surface area contributed by atoms with Crippen molar-refractivity contribution in [1.29, 1.82) is 0 Å². The highest BCUT2D eigenvalue weighted by Gasteiger charge is 2.56. The van der Waals surface area contributed by atoms with Crippen LogP contribution in [0.5, 0.6) is 0 Å². The Morgan fingerprint density at radius 2 is 2.00 bits per heavy atom. The molecule has 7 heteroatoms. The number of amides is 1. The molecule has 1 aliphatic carbocycles. The van der Waals surface area contributed by atoms with Gasteiger partial charge in [-0.15, -0.1) is 0 Å². The van der Waals surface area contributed by atoms with Crippen LogP contribution < -0.4 is 0 Å². The maximum atomic E-state index is 12.5. The van der Waals surface area contributed by atoms with Gasteiger partial charge in [0.15, 0.2) is 5.78 Å². The lowest BCUT2D eigenvalue weighted by atomic mass is 9.82. The van der Waals surface area contributed by atoms with Crippen LogP contribution in [0.25, 0.3) is 16.8 Å². The summed E-state index contributed by atoms with van der Waals surface area (Å²) < 4.78 is 0. The van der Waals surface area contributed by atoms with E-state index in [2.05, 4.69) is 4.98 Å². The average Bonchev–Trinajstić information content (AvgIpc) is 3.15. The Morgan fingerprint density at radius 3 is 2.71 bits per heavy atom. The molecule has 1 aromatic carbocycles. The van der Waals surface area contributed by atoms with Gasteiger partial charge in [0.05, 0.1) is 23.8 Å². The Balaban J connectivity index is 1.63. The molecule has 3 aliphatic rings. The van der Waals surface area contributed by atoms with Gasteiger partial charge in [0.1, 0.15) is 5.70 Å². The topological polar surface area (TPSA) is 108 Å². The summed E-state index contributed by atoms with van der Waals surface area (Å²) in [5, 5.41) is 19.6. The van der Waals surface area contributed by atoms with Crippen LogP contribution in [0.15, 0.2) is 42.2 Å². The van der Waals surface area contributed by atoms with E-state index < -0.39 is 18.0 Å². The van der Waals surface area contributed by atoms with Gasteiger partial charge in [0, 0.05) is 22.9 Å². The number of aromatic nitrogens is 1. The summed E-state index contributed by atoms with van der Waals surface area (Å²) >= 11 is 0. The van der Waals surface area contributed by atoms with E-state index in [1.807, 2.05) is 0 Å². The summed E-state index contributed by atoms with van der Waals surface area (Å²) in [4.78, 5) is 42.4. The summed E-state index contributed by atoms with van der Waals surface area (Å²) in [5.74, 6) is -2.23. The van der Waals surface area contributed by atoms with Gasteiger partial charge in [-0.25, -0.2) is 4.79 Å². The van der Waals surface area contributed by atoms with Crippen molar-refractivity contribution in [2.24, 2.45) is 5.92 Å². The second kappa shape index (κ2) is 5.59. The van der Waals surface area contributed by atoms with Crippen LogP contribution in [0, 0.1) is 5.92 Å². The Kier molecular flexibility index (Phi) is 3.36. The summed E-state index contributed by atoms with van der Waals surface area (Å²) in [6.07, 6.45) is 1.13. The molecule has 5 rings (SSSR count). The van der Waals surface area contributed by atoms with Crippen molar-refractivity contribution in [3.63, 3.8) is 0 Å². The first kappa shape index (κ1) is 16.8. The number of carbonyl (C=O) groups excluding carboxylic acids is 2. The number of nitrogens with zero attached hydrogens (tertiary/aromatic N) is 2. The first-order valence-electron chi connectivity index (χ1n) is 9.02. The minimum Gasteiger partial charge on any atom is -0.477 e. The van der Waals surface area contributed by atoms with Gasteiger partial charge in [-0.3, -0.25) is 14.6 Å². The molecule has 0 radical (unpaired) electrons. The highest BCUT2D eigenvalue weighted by atomic mass is 16.4. The molecule has 2 aromatic rings. The number of benzene rings is 1. The zero-order valence-electron chi connectivity index (χ0n) is 14.9. The van der Waals surface area contributed by atoms with Crippen LogP contribution in [0.3, 0.4) is 0 Å². The van der Waals surface area contributed by atoms with Crippen LogP contribution in [-0.2, 0) is 9.59 Å². The van der Waals surface area contributed by atoms with Crippen LogP contribution in [0.4, 0.5) is 0 Å². The van der Waals surface area contributed by atoms with E-state index in [9.17, 15) is 24.6 Å². The van der Waals surface area contributed by atoms with Crippen molar-refractivity contribution in [1.82, 2.24) is 9.88 Å². The molecule has 3 atom stereocenters. The molecule has 1 saturated heterocycles. The molecule has 2 aliphatic heterocycles. The van der Waals surface area contributed by atoms with E-state index in [0.717, 1.165) is 0 Å². The number of pyridine rings is 1. The first-order valence-corrected chi connectivity index (χ1v) is 9.02. The van der Waals surface area contributed by atoms with Gasteiger partial charge in [0.25, 0.3) is 0 Å². The number of β-lactam (4-membered cyclic amide) rings is 1. The normalized spacial score (nSPS) is 23.3. The summed E-state index contributed by atoms with van der Waals surface area (Å²) in [6.45, 7) is 1.54. The lowest BCUT2D eigenvalue weighted by Crippen LogP contribution is -2.61. The fourth-order valence-corrected chi connectivity index (χ4v) is 4.60. The van der Waals surface area contributed by atoms with E-state index in [1.54, 1.807) is 43.5 Å². The number of aliphatic hydroxyl groups excluding tert-OH is 1. The predicted octanol–water partition coefficient (Wildman–Crippen LogP) is 1.70. The molecule has 140 valence electrons. The molecule has 2 N–H and O–H groups in total. The third-order valence-electron chi connectivity index (χ3n) is 5.85. The van der Waals surface area contributed by atoms with E-state index in [4.69, 9.17) is 0 Å². The summed E-state index contributed by atoms with van der Waals surface area (Å²) in [7, 11) is 0. The SMILES string of the molecule is C[C@@H](O)[C@H]1C(=O)N2C(C(=O)O)=C(c3ccc4c(c3)-c3ncccc3C4=O)C[C@H]12. The minimum atomic E-state index is -1.18. The van der Waals surface area contributed by atoms with Crippen LogP contribution >= 0.6 is 0 Å². The van der Waals surface area contributed by atoms with Crippen molar-refractivity contribution in [2.45, 2.75) is 25.5 Å². The van der Waals surface area contributed by atoms with Gasteiger partial charge in [0.2, 0.25) is 5.91 Å². The van der Waals surface area contributed by atoms with Gasteiger partial charge >= 0.3 is 5.97 Å². The van der Waals surface area contributed by atoms with Crippen molar-refractivity contribution >= 4 is 23.2 Å². The Morgan fingerprint density at radius 1 is 1.21 bits per heavy atom. The lowest BCUT2D eigenvalue weighted by molar-refractivity contribution is -0.161. The van der Waals surface area contributed by atoms with Crippen molar-refractivity contribution in [3.8, 4) is 11.3 Å². The number of carboxylic acid groups (broad SMARTS) is 1. The molecule has 28 heavy (non-hydrogen) atoms. The molecule has 7 nitrogen and oxygen atoms in total. The fourth-order valence-electron chi connectivity index (χ4n) is 4.60. The molecule has 0 bridgehead atoms. The second-order valence-electron chi connectivity index (χ2n) is 7.37. The van der Waals surface area contributed by atoms with E-state index in [0.29, 0.717) is 39.9 Å². The number of aliphatic carboxylic acids is 1. The highest BCUT2D eigenvalue weighted by Crippen LogP contribution is 2.48. The molecular weight excluding hydrogens is 360 g/mol. The number of hydrogen-bond donors (Lipinski definition) is 2. The van der Waals surface area contributed by atoms with Gasteiger partial charge < -0.3 is 15.1 Å². The molecule has 1 fully saturated rings. The Hall–Kier alpha value is -3.32. The predicted molar refractivity (Wildman–Crippen MR) is 98.1 cm³/mol. The molecule has 0 unspecified atom stereocenters. The third kappa shape index (κ3) is 2.02. The van der Waals surface area contributed by atoms with Crippen molar-refractivity contribution in [3.05, 3.63) is 58.9 Å². The molecule has 0 spiro atoms. The van der Waals surface area contributed by atoms with E-state index >= 15 is 0 Å². The minimum absolute atomic E-state index is 0.0441. The Bertz CT molecular complexity index is 1120. The van der Waals surface area contributed by atoms with Crippen LogP contribution in [0.1, 0.15) is 34.8 Å². The maximum absolute atomic E-state index is 12.5. The van der Waals surface area contributed by atoms with Crippen LogP contribution in [-0.4, -0.2) is 49.9 Å². The largest absolute Gasteiger partial charge is 0.477 e. The molecular formula is C21H16N2O5. The van der Waals surface area contributed by atoms with Crippen molar-refractivity contribution in [2.75, 3.05) is 0 Å². The maximum Gasteiger partial charge on any atom is 0.352 e. The smallest absolute Gasteiger partial charge is 0.352 e. The zero-order chi connectivity index (χ0) is 19.7. The monoisotopic (exact) mass is 376 g/mol. The third-order valence-corrected chi connectivity index (χ3v) is 5.85. The zero-order valence-corrected chi connectivity index (χ0v) is 14.9. The lowest BCUT2D eigenvalue weighted by Gasteiger charge is -2.44. The molecule has 1 aromatic heterocycles. The quantitative estimate of drug-likeness (QED) is 0.674. The van der Waals surface area contributed by atoms with Crippen LogP contribution in [0.2, 0.25) is 0 Å². The Labute approximate surface area is 159 Å². The summed E-state index contributed by atoms with van der Waals surface area (Å²) in [6, 6.07) is 8.25. The van der Waals surface area contributed by atoms with Gasteiger partial charge in [-0.05, 0) is 48.7 Å². The summed E-state index contributed by atoms with van der Waals surface area (Å²) in [5.41, 5.74) is 3.46. The average molecular weight is 376 g/mol. The molecule has 1 amide bonds. The highest BCUT2D eigenvalue weighted by molar-refractivity contribution is 6.21. The van der Waals surface area contributed by atoms with E-state index in [-0.39, 0.29) is 23.4 Å². The van der Waals surface area contributed by atoms with E-state index in [1.165, 1.54) is 4.90 Å². The number of aliphatic hydroxyl groups is 1. The number of carbonyl (C=O) groups is 3. The number of rotatable bonds is 3. The molecule has 3 heterocycles. The second-order valence-corrected chi connectivity index (χ2v) is 7.37. The first-order chi connectivity index (χ1) is 13.4. The van der Waals surface area contributed by atoms with Gasteiger partial charge in [-0.1, -0.05) is 6.07 Å². The number of carboxylic acids is 1. The number of ketones is 1. The molecule has 0 saturated carbocycles. The van der Waals surface area contributed by atoms with Gasteiger partial charge in [-0.2, -0.15) is 0 Å².